The topological polar surface area (TPSA) is 137 Å². The molecule has 3 aliphatic rings. The molecule has 0 aromatic heterocycles. The second-order valence-electron chi connectivity index (χ2n) is 15.6. The maximum absolute atomic E-state index is 14.3. The molecule has 12 heteroatoms. The highest BCUT2D eigenvalue weighted by molar-refractivity contribution is 8.17. The fourth-order valence-electron chi connectivity index (χ4n) is 8.16. The van der Waals surface area contributed by atoms with Crippen molar-refractivity contribution in [2.24, 2.45) is 11.8 Å². The van der Waals surface area contributed by atoms with Crippen LogP contribution in [0.1, 0.15) is 95.3 Å². The van der Waals surface area contributed by atoms with Gasteiger partial charge in [-0.1, -0.05) is 106 Å². The van der Waals surface area contributed by atoms with Crippen LogP contribution in [0.4, 0.5) is 4.79 Å². The summed E-state index contributed by atoms with van der Waals surface area (Å²) in [5.74, 6) is 0.486. The van der Waals surface area contributed by atoms with Gasteiger partial charge in [0.15, 0.2) is 0 Å². The van der Waals surface area contributed by atoms with Gasteiger partial charge in [0.05, 0.1) is 6.04 Å². The zero-order valence-electron chi connectivity index (χ0n) is 31.6. The Morgan fingerprint density at radius 2 is 1.71 bits per heavy atom. The van der Waals surface area contributed by atoms with E-state index in [4.69, 9.17) is 16.3 Å². The number of halogens is 1. The predicted octanol–water partition coefficient (Wildman–Crippen LogP) is 8.56. The second kappa shape index (κ2) is 18.9. The first-order valence-corrected chi connectivity index (χ1v) is 22.3. The summed E-state index contributed by atoms with van der Waals surface area (Å²) in [6.45, 7) is 4.54. The third-order valence-electron chi connectivity index (χ3n) is 11.3. The van der Waals surface area contributed by atoms with E-state index in [0.717, 1.165) is 90.3 Å². The quantitative estimate of drug-likeness (QED) is 0.110. The Bertz CT molecular complexity index is 1970. The Morgan fingerprint density at radius 3 is 2.40 bits per heavy atom. The first-order valence-electron chi connectivity index (χ1n) is 19.5. The number of Topliss-reactive ketones (excluding diaryl/α,β-unsaturated/α-hetero) is 1. The van der Waals surface area contributed by atoms with E-state index >= 15 is 0 Å². The molecule has 9 nitrogen and oxygen atoms in total. The molecule has 2 heterocycles. The van der Waals surface area contributed by atoms with E-state index in [1.807, 2.05) is 80.6 Å². The molecular formula is C43H51ClN4O5S2. The number of nitriles is 1. The molecule has 3 aromatic rings. The van der Waals surface area contributed by atoms with Crippen LogP contribution in [0.5, 0.6) is 0 Å². The number of nitrogens with zero attached hydrogens (tertiary/aromatic N) is 1. The number of carbonyl (C=O) groups is 4. The standard InChI is InChI=1S/C43H51ClN4O5S2/c1-43(2,33-15-10-16-34(44)26-33)39(31-18-17-29-13-6-7-14-30(29)24-31)53-42(52)48-54-36(23-28-11-4-3-5-12-28)41(51)47-35(25-32-19-20-46-40(32)50)38(49)37(27-45)55-21-8-9-22-55/h6-7,10,13-18,24,26,28,32,35-36,39H,3-5,8-9,11-12,19-23,25H2,1-2H3,(H,46,50)(H,47,51)(H,48,52)/t32-,35-,36-,39?/m0/s1. The summed E-state index contributed by atoms with van der Waals surface area (Å²) >= 11 is 7.43. The minimum absolute atomic E-state index is 0.126. The summed E-state index contributed by atoms with van der Waals surface area (Å²) in [5.41, 5.74) is 1.00. The molecule has 2 aliphatic heterocycles. The molecule has 292 valence electrons. The number of hydrogen-bond acceptors (Lipinski definition) is 7. The Labute approximate surface area is 336 Å². The van der Waals surface area contributed by atoms with Gasteiger partial charge in [0.2, 0.25) is 17.6 Å². The number of fused-ring (bicyclic) bond motifs is 1. The second-order valence-corrected chi connectivity index (χ2v) is 19.2. The zero-order valence-corrected chi connectivity index (χ0v) is 34.0. The van der Waals surface area contributed by atoms with Crippen molar-refractivity contribution < 1.29 is 23.9 Å². The lowest BCUT2D eigenvalue weighted by atomic mass is 9.76. The van der Waals surface area contributed by atoms with Crippen LogP contribution in [0.15, 0.2) is 66.7 Å². The SMILES string of the molecule is CC(C)(c1cccc(Cl)c1)C(OC(=O)NS[C@@H](CC1CCCCC1)C(=O)N[C@@H](C[C@@H]1CCNC1=O)C(=O)C(C#N)=S1CCCC1)c1ccc2ccccc2c1. The summed E-state index contributed by atoms with van der Waals surface area (Å²) in [6, 6.07) is 22.7. The number of ketones is 1. The van der Waals surface area contributed by atoms with Gasteiger partial charge >= 0.3 is 6.09 Å². The van der Waals surface area contributed by atoms with Crippen LogP contribution in [-0.2, 0) is 24.5 Å². The first kappa shape index (κ1) is 40.8. The number of carbonyl (C=O) groups excluding carboxylic acids is 4. The number of amides is 3. The molecule has 1 aliphatic carbocycles. The van der Waals surface area contributed by atoms with Crippen molar-refractivity contribution in [1.29, 1.82) is 5.26 Å². The van der Waals surface area contributed by atoms with Crippen molar-refractivity contribution in [1.82, 2.24) is 15.4 Å². The van der Waals surface area contributed by atoms with E-state index in [9.17, 15) is 24.4 Å². The maximum Gasteiger partial charge on any atom is 0.417 e. The van der Waals surface area contributed by atoms with E-state index in [2.05, 4.69) is 21.4 Å². The molecule has 3 N–H and O–H groups in total. The number of benzene rings is 3. The minimum atomic E-state index is -1.01. The summed E-state index contributed by atoms with van der Waals surface area (Å²) in [5, 5.41) is 17.8. The first-order chi connectivity index (χ1) is 26.5. The van der Waals surface area contributed by atoms with E-state index in [1.54, 1.807) is 0 Å². The lowest BCUT2D eigenvalue weighted by molar-refractivity contribution is -0.127. The Balaban J connectivity index is 1.24. The molecule has 3 fully saturated rings. The fourth-order valence-corrected chi connectivity index (χ4v) is 11.5. The van der Waals surface area contributed by atoms with Crippen molar-refractivity contribution in [3.63, 3.8) is 0 Å². The van der Waals surface area contributed by atoms with E-state index < -0.39 is 57.0 Å². The van der Waals surface area contributed by atoms with Crippen LogP contribution < -0.4 is 15.4 Å². The minimum Gasteiger partial charge on any atom is -0.440 e. The van der Waals surface area contributed by atoms with Crippen molar-refractivity contribution in [2.75, 3.05) is 18.1 Å². The van der Waals surface area contributed by atoms with Crippen LogP contribution in [0.2, 0.25) is 5.02 Å². The number of nitrogens with one attached hydrogen (secondary N) is 3. The molecule has 55 heavy (non-hydrogen) atoms. The molecule has 1 unspecified atom stereocenters. The predicted molar refractivity (Wildman–Crippen MR) is 223 cm³/mol. The summed E-state index contributed by atoms with van der Waals surface area (Å²) in [4.78, 5) is 55.1. The third-order valence-corrected chi connectivity index (χ3v) is 15.0. The fraction of sp³-hybridized carbons (Fsp3) is 0.488. The largest absolute Gasteiger partial charge is 0.440 e. The molecule has 1 saturated carbocycles. The molecule has 2 saturated heterocycles. The monoisotopic (exact) mass is 802 g/mol. The lowest BCUT2D eigenvalue weighted by Gasteiger charge is -2.35. The average molecular weight is 803 g/mol. The van der Waals surface area contributed by atoms with Gasteiger partial charge in [0, 0.05) is 22.9 Å². The van der Waals surface area contributed by atoms with Crippen molar-refractivity contribution in [3.8, 4) is 6.07 Å². The maximum atomic E-state index is 14.3. The van der Waals surface area contributed by atoms with Crippen molar-refractivity contribution in [3.05, 3.63) is 82.9 Å². The Kier molecular flexibility index (Phi) is 14.0. The molecule has 0 spiro atoms. The Morgan fingerprint density at radius 1 is 0.964 bits per heavy atom. The highest BCUT2D eigenvalue weighted by atomic mass is 35.5. The van der Waals surface area contributed by atoms with Crippen molar-refractivity contribution >= 4 is 73.4 Å². The molecule has 3 amide bonds. The highest BCUT2D eigenvalue weighted by Gasteiger charge is 2.38. The third kappa shape index (κ3) is 10.3. The number of rotatable bonds is 14. The Hall–Kier alpha value is -3.85. The number of ether oxygens (including phenoxy) is 1. The number of hydrogen-bond donors (Lipinski definition) is 3. The van der Waals surface area contributed by atoms with Crippen LogP contribution >= 0.6 is 34.0 Å². The molecule has 6 rings (SSSR count). The molecule has 0 radical (unpaired) electrons. The van der Waals surface area contributed by atoms with Gasteiger partial charge < -0.3 is 15.4 Å². The zero-order chi connectivity index (χ0) is 39.0. The average Bonchev–Trinajstić information content (AvgIpc) is 3.87. The van der Waals surface area contributed by atoms with E-state index in [1.165, 1.54) is 0 Å². The van der Waals surface area contributed by atoms with Gasteiger partial charge in [0.1, 0.15) is 22.3 Å². The smallest absolute Gasteiger partial charge is 0.417 e. The molecular weight excluding hydrogens is 752 g/mol. The molecule has 4 atom stereocenters. The van der Waals surface area contributed by atoms with E-state index in [0.29, 0.717) is 24.4 Å². The van der Waals surface area contributed by atoms with Gasteiger partial charge in [-0.2, -0.15) is 15.7 Å². The molecule has 3 aromatic carbocycles. The molecule has 0 bridgehead atoms. The normalized spacial score (nSPS) is 19.5. The van der Waals surface area contributed by atoms with Gasteiger partial charge in [-0.25, -0.2) is 4.79 Å². The van der Waals surface area contributed by atoms with Crippen molar-refractivity contribution in [2.45, 2.75) is 101 Å². The van der Waals surface area contributed by atoms with E-state index in [-0.39, 0.29) is 23.1 Å². The highest BCUT2D eigenvalue weighted by Crippen LogP contribution is 2.41. The van der Waals surface area contributed by atoms with Crippen LogP contribution in [-0.4, -0.2) is 57.9 Å². The lowest BCUT2D eigenvalue weighted by Crippen LogP contribution is -2.49. The van der Waals surface area contributed by atoms with Gasteiger partial charge in [-0.15, -0.1) is 0 Å². The van der Waals surface area contributed by atoms with Gasteiger partial charge in [-0.05, 0) is 102 Å². The van der Waals surface area contributed by atoms with Gasteiger partial charge in [-0.3, -0.25) is 19.1 Å². The summed E-state index contributed by atoms with van der Waals surface area (Å²) in [6.07, 6.45) is 6.95. The summed E-state index contributed by atoms with van der Waals surface area (Å²) < 4.78 is 9.16. The van der Waals surface area contributed by atoms with Crippen LogP contribution in [0, 0.1) is 23.2 Å². The van der Waals surface area contributed by atoms with Crippen LogP contribution in [0.25, 0.3) is 10.8 Å². The summed E-state index contributed by atoms with van der Waals surface area (Å²) in [7, 11) is -0.453. The van der Waals surface area contributed by atoms with Gasteiger partial charge in [0.25, 0.3) is 0 Å². The van der Waals surface area contributed by atoms with Crippen LogP contribution in [0.3, 0.4) is 0 Å².